The number of hydrogen-bond donors (Lipinski definition) is 1. The number of halogens is 2. The van der Waals surface area contributed by atoms with E-state index in [2.05, 4.69) is 5.32 Å². The van der Waals surface area contributed by atoms with Crippen molar-refractivity contribution in [2.24, 2.45) is 0 Å². The molecule has 0 spiro atoms. The van der Waals surface area contributed by atoms with Crippen molar-refractivity contribution in [3.8, 4) is 5.75 Å². The van der Waals surface area contributed by atoms with E-state index in [0.717, 1.165) is 11.1 Å². The molecule has 0 aromatic heterocycles. The highest BCUT2D eigenvalue weighted by Crippen LogP contribution is 2.33. The van der Waals surface area contributed by atoms with Crippen LogP contribution in [0.1, 0.15) is 18.1 Å². The maximum Gasteiger partial charge on any atom is 0.240 e. The molecule has 0 bridgehead atoms. The number of carbonyl (C=O) groups is 2. The molecule has 0 aliphatic carbocycles. The Kier molecular flexibility index (Phi) is 6.89. The average Bonchev–Trinajstić information content (AvgIpc) is 2.60. The normalized spacial score (nSPS) is 10.3. The Morgan fingerprint density at radius 2 is 1.85 bits per heavy atom. The van der Waals surface area contributed by atoms with Crippen LogP contribution in [0.15, 0.2) is 36.4 Å². The number of benzene rings is 2. The van der Waals surface area contributed by atoms with Crippen molar-refractivity contribution in [2.75, 3.05) is 18.6 Å². The summed E-state index contributed by atoms with van der Waals surface area (Å²) >= 11 is 12.2. The molecular formula is C19H20Cl2N2O3. The highest BCUT2D eigenvalue weighted by Gasteiger charge is 2.20. The number of carbonyl (C=O) groups excluding carboxylic acids is 2. The molecule has 5 nitrogen and oxygen atoms in total. The summed E-state index contributed by atoms with van der Waals surface area (Å²) in [7, 11) is 1.49. The summed E-state index contributed by atoms with van der Waals surface area (Å²) in [4.78, 5) is 25.8. The summed E-state index contributed by atoms with van der Waals surface area (Å²) in [5, 5.41) is 3.87. The van der Waals surface area contributed by atoms with Gasteiger partial charge in [-0.3, -0.25) is 14.5 Å². The zero-order valence-corrected chi connectivity index (χ0v) is 16.3. The van der Waals surface area contributed by atoms with Gasteiger partial charge in [0.05, 0.1) is 12.8 Å². The second-order valence-electron chi connectivity index (χ2n) is 5.75. The minimum Gasteiger partial charge on any atom is -0.495 e. The second-order valence-corrected chi connectivity index (χ2v) is 6.56. The van der Waals surface area contributed by atoms with Crippen molar-refractivity contribution in [2.45, 2.75) is 20.4 Å². The molecule has 0 saturated heterocycles. The number of ether oxygens (including phenoxy) is 1. The highest BCUT2D eigenvalue weighted by molar-refractivity contribution is 6.31. The standard InChI is InChI=1S/C19H20Cl2N2O3/c1-12-8-17(18(26-3)9-16(12)21)23(13(2)24)11-19(25)22-10-14-6-4-5-7-15(14)20/h4-9H,10-11H2,1-3H3,(H,22,25). The van der Waals surface area contributed by atoms with Crippen molar-refractivity contribution < 1.29 is 14.3 Å². The first-order valence-electron chi connectivity index (χ1n) is 7.95. The predicted molar refractivity (Wildman–Crippen MR) is 104 cm³/mol. The van der Waals surface area contributed by atoms with Crippen LogP contribution < -0.4 is 15.0 Å². The third-order valence-electron chi connectivity index (χ3n) is 3.87. The topological polar surface area (TPSA) is 58.6 Å². The van der Waals surface area contributed by atoms with Gasteiger partial charge in [0.1, 0.15) is 12.3 Å². The Hall–Kier alpha value is -2.24. The first-order valence-corrected chi connectivity index (χ1v) is 8.71. The van der Waals surface area contributed by atoms with Gasteiger partial charge in [-0.15, -0.1) is 0 Å². The number of anilines is 1. The van der Waals surface area contributed by atoms with Gasteiger partial charge in [-0.25, -0.2) is 0 Å². The Bertz CT molecular complexity index is 824. The Morgan fingerprint density at radius 1 is 1.15 bits per heavy atom. The molecule has 0 radical (unpaired) electrons. The Balaban J connectivity index is 2.16. The lowest BCUT2D eigenvalue weighted by molar-refractivity contribution is -0.123. The lowest BCUT2D eigenvalue weighted by Gasteiger charge is -2.23. The predicted octanol–water partition coefficient (Wildman–Crippen LogP) is 3.98. The van der Waals surface area contributed by atoms with Gasteiger partial charge in [-0.2, -0.15) is 0 Å². The van der Waals surface area contributed by atoms with E-state index in [1.54, 1.807) is 18.2 Å². The summed E-state index contributed by atoms with van der Waals surface area (Å²) in [5.41, 5.74) is 2.08. The van der Waals surface area contributed by atoms with Crippen molar-refractivity contribution in [1.82, 2.24) is 5.32 Å². The van der Waals surface area contributed by atoms with Crippen LogP contribution in [0.25, 0.3) is 0 Å². The summed E-state index contributed by atoms with van der Waals surface area (Å²) < 4.78 is 5.31. The first-order chi connectivity index (χ1) is 12.3. The molecule has 26 heavy (non-hydrogen) atoms. The molecule has 0 aliphatic heterocycles. The molecule has 0 atom stereocenters. The molecule has 2 rings (SSSR count). The van der Waals surface area contributed by atoms with E-state index >= 15 is 0 Å². The largest absolute Gasteiger partial charge is 0.495 e. The number of aryl methyl sites for hydroxylation is 1. The van der Waals surface area contributed by atoms with Gasteiger partial charge in [0, 0.05) is 29.6 Å². The molecule has 1 N–H and O–H groups in total. The SMILES string of the molecule is COc1cc(Cl)c(C)cc1N(CC(=O)NCc1ccccc1Cl)C(C)=O. The third-order valence-corrected chi connectivity index (χ3v) is 4.64. The molecule has 138 valence electrons. The van der Waals surface area contributed by atoms with Crippen LogP contribution in [-0.2, 0) is 16.1 Å². The zero-order valence-electron chi connectivity index (χ0n) is 14.8. The molecule has 7 heteroatoms. The smallest absolute Gasteiger partial charge is 0.240 e. The molecule has 0 heterocycles. The van der Waals surface area contributed by atoms with Gasteiger partial charge in [0.25, 0.3) is 0 Å². The molecular weight excluding hydrogens is 375 g/mol. The third kappa shape index (κ3) is 4.90. The molecule has 0 unspecified atom stereocenters. The second kappa shape index (κ2) is 8.92. The molecule has 0 fully saturated rings. The van der Waals surface area contributed by atoms with E-state index in [4.69, 9.17) is 27.9 Å². The van der Waals surface area contributed by atoms with E-state index in [0.29, 0.717) is 21.5 Å². The fraction of sp³-hybridized carbons (Fsp3) is 0.263. The molecule has 2 aromatic rings. The summed E-state index contributed by atoms with van der Waals surface area (Å²) in [6, 6.07) is 10.6. The Labute approximate surface area is 162 Å². The minimum atomic E-state index is -0.310. The van der Waals surface area contributed by atoms with E-state index in [1.807, 2.05) is 25.1 Å². The van der Waals surface area contributed by atoms with Crippen LogP contribution in [-0.4, -0.2) is 25.5 Å². The highest BCUT2D eigenvalue weighted by atomic mass is 35.5. The van der Waals surface area contributed by atoms with Gasteiger partial charge < -0.3 is 10.1 Å². The summed E-state index contributed by atoms with van der Waals surface area (Å²) in [6.45, 7) is 3.35. The fourth-order valence-corrected chi connectivity index (χ4v) is 2.78. The first kappa shape index (κ1) is 20.1. The van der Waals surface area contributed by atoms with E-state index in [9.17, 15) is 9.59 Å². The van der Waals surface area contributed by atoms with Crippen LogP contribution in [0.2, 0.25) is 10.0 Å². The fourth-order valence-electron chi connectivity index (χ4n) is 2.42. The maximum absolute atomic E-state index is 12.4. The van der Waals surface area contributed by atoms with Gasteiger partial charge >= 0.3 is 0 Å². The molecule has 0 saturated carbocycles. The summed E-state index contributed by atoms with van der Waals surface area (Å²) in [6.07, 6.45) is 0. The van der Waals surface area contributed by atoms with E-state index in [1.165, 1.54) is 18.9 Å². The number of amides is 2. The van der Waals surface area contributed by atoms with Crippen molar-refractivity contribution in [3.63, 3.8) is 0 Å². The Morgan fingerprint density at radius 3 is 2.46 bits per heavy atom. The number of methoxy groups -OCH3 is 1. The number of nitrogens with zero attached hydrogens (tertiary/aromatic N) is 1. The quantitative estimate of drug-likeness (QED) is 0.805. The van der Waals surface area contributed by atoms with Crippen LogP contribution >= 0.6 is 23.2 Å². The van der Waals surface area contributed by atoms with Crippen LogP contribution in [0, 0.1) is 6.92 Å². The van der Waals surface area contributed by atoms with Crippen LogP contribution in [0.5, 0.6) is 5.75 Å². The zero-order chi connectivity index (χ0) is 19.3. The summed E-state index contributed by atoms with van der Waals surface area (Å²) in [5.74, 6) is -0.164. The van der Waals surface area contributed by atoms with Gasteiger partial charge in [0.15, 0.2) is 0 Å². The van der Waals surface area contributed by atoms with Gasteiger partial charge in [0.2, 0.25) is 11.8 Å². The van der Waals surface area contributed by atoms with Crippen LogP contribution in [0.4, 0.5) is 5.69 Å². The molecule has 2 amide bonds. The lowest BCUT2D eigenvalue weighted by atomic mass is 10.1. The minimum absolute atomic E-state index is 0.142. The van der Waals surface area contributed by atoms with Crippen molar-refractivity contribution >= 4 is 40.7 Å². The van der Waals surface area contributed by atoms with E-state index in [-0.39, 0.29) is 24.9 Å². The van der Waals surface area contributed by atoms with Crippen LogP contribution in [0.3, 0.4) is 0 Å². The number of nitrogens with one attached hydrogen (secondary N) is 1. The maximum atomic E-state index is 12.4. The molecule has 0 aliphatic rings. The van der Waals surface area contributed by atoms with Gasteiger partial charge in [-0.05, 0) is 30.2 Å². The van der Waals surface area contributed by atoms with E-state index < -0.39 is 0 Å². The number of rotatable bonds is 6. The average molecular weight is 395 g/mol. The monoisotopic (exact) mass is 394 g/mol. The lowest BCUT2D eigenvalue weighted by Crippen LogP contribution is -2.39. The molecule has 2 aromatic carbocycles. The van der Waals surface area contributed by atoms with Gasteiger partial charge in [-0.1, -0.05) is 41.4 Å². The van der Waals surface area contributed by atoms with Crippen molar-refractivity contribution in [1.29, 1.82) is 0 Å². The van der Waals surface area contributed by atoms with Crippen molar-refractivity contribution in [3.05, 3.63) is 57.6 Å². The number of hydrogen-bond acceptors (Lipinski definition) is 3.